The molecule has 0 unspecified atom stereocenters. The van der Waals surface area contributed by atoms with Crippen LogP contribution in [0.3, 0.4) is 0 Å². The predicted molar refractivity (Wildman–Crippen MR) is 114 cm³/mol. The van der Waals surface area contributed by atoms with Crippen LogP contribution in [0.15, 0.2) is 67.0 Å². The molecule has 0 spiro atoms. The van der Waals surface area contributed by atoms with E-state index in [9.17, 15) is 4.79 Å². The van der Waals surface area contributed by atoms with Crippen LogP contribution in [0.25, 0.3) is 10.9 Å². The summed E-state index contributed by atoms with van der Waals surface area (Å²) in [5, 5.41) is 14.2. The van der Waals surface area contributed by atoms with Gasteiger partial charge in [0.15, 0.2) is 5.82 Å². The number of rotatable bonds is 6. The third-order valence-corrected chi connectivity index (χ3v) is 4.25. The van der Waals surface area contributed by atoms with E-state index in [1.807, 2.05) is 32.0 Å². The molecule has 0 aliphatic rings. The second-order valence-corrected chi connectivity index (χ2v) is 6.84. The molecule has 0 saturated heterocycles. The average Bonchev–Trinajstić information content (AvgIpc) is 3.17. The number of fused-ring (bicyclic) bond motifs is 1. The Labute approximate surface area is 168 Å². The van der Waals surface area contributed by atoms with Gasteiger partial charge in [-0.3, -0.25) is 9.89 Å². The summed E-state index contributed by atoms with van der Waals surface area (Å²) in [5.74, 6) is 1.06. The molecule has 7 nitrogen and oxygen atoms in total. The fourth-order valence-corrected chi connectivity index (χ4v) is 2.91. The molecule has 2 aromatic carbocycles. The van der Waals surface area contributed by atoms with Crippen LogP contribution < -0.4 is 15.4 Å². The van der Waals surface area contributed by atoms with Crippen LogP contribution in [0.1, 0.15) is 24.2 Å². The van der Waals surface area contributed by atoms with E-state index in [0.29, 0.717) is 17.1 Å². The van der Waals surface area contributed by atoms with Gasteiger partial charge >= 0.3 is 0 Å². The van der Waals surface area contributed by atoms with Crippen molar-refractivity contribution in [2.24, 2.45) is 0 Å². The molecule has 0 radical (unpaired) electrons. The number of H-pyrrole nitrogens is 1. The minimum absolute atomic E-state index is 0.0830. The van der Waals surface area contributed by atoms with Crippen molar-refractivity contribution in [3.8, 4) is 5.75 Å². The van der Waals surface area contributed by atoms with E-state index in [4.69, 9.17) is 4.74 Å². The van der Waals surface area contributed by atoms with Gasteiger partial charge in [0.1, 0.15) is 5.75 Å². The number of amides is 1. The van der Waals surface area contributed by atoms with Gasteiger partial charge in [0, 0.05) is 22.8 Å². The summed E-state index contributed by atoms with van der Waals surface area (Å²) in [6.07, 6.45) is 3.52. The smallest absolute Gasteiger partial charge is 0.255 e. The van der Waals surface area contributed by atoms with Gasteiger partial charge in [-0.05, 0) is 68.4 Å². The number of pyridine rings is 1. The fourth-order valence-electron chi connectivity index (χ4n) is 2.91. The Balaban J connectivity index is 1.51. The quantitative estimate of drug-likeness (QED) is 0.444. The highest BCUT2D eigenvalue weighted by Gasteiger charge is 2.11. The summed E-state index contributed by atoms with van der Waals surface area (Å²) in [6, 6.07) is 16.5. The van der Waals surface area contributed by atoms with Crippen molar-refractivity contribution >= 4 is 34.0 Å². The van der Waals surface area contributed by atoms with E-state index in [0.717, 1.165) is 22.3 Å². The Hall–Kier alpha value is -3.87. The van der Waals surface area contributed by atoms with Crippen molar-refractivity contribution in [2.75, 3.05) is 10.6 Å². The molecule has 1 amide bonds. The van der Waals surface area contributed by atoms with Crippen LogP contribution in [0, 0.1) is 0 Å². The second kappa shape index (κ2) is 8.02. The Morgan fingerprint density at radius 2 is 1.93 bits per heavy atom. The maximum Gasteiger partial charge on any atom is 0.255 e. The number of benzene rings is 2. The molecule has 0 aliphatic carbocycles. The fraction of sp³-hybridized carbons (Fsp3) is 0.136. The minimum atomic E-state index is -0.221. The first kappa shape index (κ1) is 18.5. The first-order valence-electron chi connectivity index (χ1n) is 9.32. The lowest BCUT2D eigenvalue weighted by Crippen LogP contribution is -2.13. The maximum absolute atomic E-state index is 12.7. The lowest BCUT2D eigenvalue weighted by molar-refractivity contribution is 0.102. The maximum atomic E-state index is 12.7. The molecule has 3 N–H and O–H groups in total. The number of aromatic amines is 1. The molecule has 4 aromatic rings. The third-order valence-electron chi connectivity index (χ3n) is 4.25. The normalized spacial score (nSPS) is 10.9. The highest BCUT2D eigenvalue weighted by Crippen LogP contribution is 2.25. The first-order chi connectivity index (χ1) is 14.1. The monoisotopic (exact) mass is 387 g/mol. The van der Waals surface area contributed by atoms with E-state index < -0.39 is 0 Å². The van der Waals surface area contributed by atoms with E-state index in [2.05, 4.69) is 25.8 Å². The van der Waals surface area contributed by atoms with Gasteiger partial charge in [-0.25, -0.2) is 4.98 Å². The predicted octanol–water partition coefficient (Wildman–Crippen LogP) is 4.74. The minimum Gasteiger partial charge on any atom is -0.491 e. The molecule has 29 heavy (non-hydrogen) atoms. The van der Waals surface area contributed by atoms with Crippen LogP contribution in [-0.2, 0) is 0 Å². The van der Waals surface area contributed by atoms with Crippen molar-refractivity contribution < 1.29 is 9.53 Å². The molecule has 2 heterocycles. The van der Waals surface area contributed by atoms with Crippen molar-refractivity contribution in [3.63, 3.8) is 0 Å². The van der Waals surface area contributed by atoms with E-state index in [1.165, 1.54) is 0 Å². The van der Waals surface area contributed by atoms with E-state index >= 15 is 0 Å². The molecule has 4 rings (SSSR count). The van der Waals surface area contributed by atoms with E-state index in [-0.39, 0.29) is 12.0 Å². The zero-order valence-electron chi connectivity index (χ0n) is 16.1. The van der Waals surface area contributed by atoms with Crippen LogP contribution in [0.5, 0.6) is 5.75 Å². The Kier molecular flexibility index (Phi) is 5.11. The standard InChI is InChI=1S/C22H21N5O2/c1-14(2)29-18-9-6-15(7-10-18)22(28)26-19-4-3-11-23-21(19)25-17-8-5-16-13-24-27-20(16)12-17/h3-14H,1-2H3,(H,23,25)(H,24,27)(H,26,28). The highest BCUT2D eigenvalue weighted by atomic mass is 16.5. The van der Waals surface area contributed by atoms with Crippen molar-refractivity contribution in [3.05, 3.63) is 72.6 Å². The molecule has 0 fully saturated rings. The van der Waals surface area contributed by atoms with Crippen LogP contribution in [0.2, 0.25) is 0 Å². The number of nitrogens with one attached hydrogen (secondary N) is 3. The van der Waals surface area contributed by atoms with Gasteiger partial charge in [0.25, 0.3) is 5.91 Å². The lowest BCUT2D eigenvalue weighted by atomic mass is 10.2. The van der Waals surface area contributed by atoms with Gasteiger partial charge in [-0.1, -0.05) is 0 Å². The molecule has 0 atom stereocenters. The third kappa shape index (κ3) is 4.35. The zero-order chi connectivity index (χ0) is 20.2. The van der Waals surface area contributed by atoms with Gasteiger partial charge < -0.3 is 15.4 Å². The lowest BCUT2D eigenvalue weighted by Gasteiger charge is -2.13. The summed E-state index contributed by atoms with van der Waals surface area (Å²) < 4.78 is 5.62. The summed E-state index contributed by atoms with van der Waals surface area (Å²) in [6.45, 7) is 3.92. The summed E-state index contributed by atoms with van der Waals surface area (Å²) in [7, 11) is 0. The molecule has 146 valence electrons. The van der Waals surface area contributed by atoms with Gasteiger partial charge in [-0.15, -0.1) is 0 Å². The molecule has 0 saturated carbocycles. The number of nitrogens with zero attached hydrogens (tertiary/aromatic N) is 2. The Bertz CT molecular complexity index is 1140. The van der Waals surface area contributed by atoms with Crippen LogP contribution in [0.4, 0.5) is 17.2 Å². The Morgan fingerprint density at radius 1 is 1.10 bits per heavy atom. The molecular formula is C22H21N5O2. The van der Waals surface area contributed by atoms with Crippen LogP contribution >= 0.6 is 0 Å². The summed E-state index contributed by atoms with van der Waals surface area (Å²) in [5.41, 5.74) is 2.88. The SMILES string of the molecule is CC(C)Oc1ccc(C(=O)Nc2cccnc2Nc2ccc3cn[nH]c3c2)cc1. The molecule has 2 aromatic heterocycles. The zero-order valence-corrected chi connectivity index (χ0v) is 16.1. The van der Waals surface area contributed by atoms with E-state index in [1.54, 1.807) is 48.8 Å². The number of hydrogen-bond donors (Lipinski definition) is 3. The number of ether oxygens (including phenoxy) is 1. The first-order valence-corrected chi connectivity index (χ1v) is 9.32. The number of aromatic nitrogens is 3. The summed E-state index contributed by atoms with van der Waals surface area (Å²) in [4.78, 5) is 17.0. The average molecular weight is 387 g/mol. The number of carbonyl (C=O) groups excluding carboxylic acids is 1. The van der Waals surface area contributed by atoms with Crippen molar-refractivity contribution in [2.45, 2.75) is 20.0 Å². The van der Waals surface area contributed by atoms with Crippen molar-refractivity contribution in [1.29, 1.82) is 0 Å². The Morgan fingerprint density at radius 3 is 2.72 bits per heavy atom. The topological polar surface area (TPSA) is 91.9 Å². The number of hydrogen-bond acceptors (Lipinski definition) is 5. The molecule has 7 heteroatoms. The highest BCUT2D eigenvalue weighted by molar-refractivity contribution is 6.05. The molecular weight excluding hydrogens is 366 g/mol. The second-order valence-electron chi connectivity index (χ2n) is 6.84. The van der Waals surface area contributed by atoms with Gasteiger partial charge in [0.2, 0.25) is 0 Å². The number of anilines is 3. The molecule has 0 bridgehead atoms. The van der Waals surface area contributed by atoms with Crippen molar-refractivity contribution in [1.82, 2.24) is 15.2 Å². The number of carbonyl (C=O) groups is 1. The van der Waals surface area contributed by atoms with Gasteiger partial charge in [0.05, 0.1) is 23.5 Å². The summed E-state index contributed by atoms with van der Waals surface area (Å²) >= 11 is 0. The molecule has 0 aliphatic heterocycles. The van der Waals surface area contributed by atoms with Crippen LogP contribution in [-0.4, -0.2) is 27.2 Å². The van der Waals surface area contributed by atoms with Gasteiger partial charge in [-0.2, -0.15) is 5.10 Å². The largest absolute Gasteiger partial charge is 0.491 e.